The van der Waals surface area contributed by atoms with Gasteiger partial charge in [-0.15, -0.1) is 0 Å². The summed E-state index contributed by atoms with van der Waals surface area (Å²) >= 11 is 0. The SMILES string of the molecule is O=C([O-])c1ccc2cnccc2n1. The van der Waals surface area contributed by atoms with Crippen LogP contribution in [0.2, 0.25) is 0 Å². The first-order valence-electron chi connectivity index (χ1n) is 3.69. The Morgan fingerprint density at radius 3 is 2.92 bits per heavy atom. The molecular formula is C9H5N2O2-. The number of rotatable bonds is 1. The maximum atomic E-state index is 10.5. The molecule has 64 valence electrons. The quantitative estimate of drug-likeness (QED) is 0.608. The molecule has 2 aromatic rings. The molecule has 2 heterocycles. The number of carboxylic acids is 1. The topological polar surface area (TPSA) is 65.9 Å². The smallest absolute Gasteiger partial charge is 0.0900 e. The largest absolute Gasteiger partial charge is 0.543 e. The van der Waals surface area contributed by atoms with Gasteiger partial charge in [-0.3, -0.25) is 4.98 Å². The lowest BCUT2D eigenvalue weighted by atomic mass is 10.2. The molecule has 0 saturated carbocycles. The molecule has 0 saturated heterocycles. The van der Waals surface area contributed by atoms with Gasteiger partial charge >= 0.3 is 0 Å². The van der Waals surface area contributed by atoms with Gasteiger partial charge in [0.2, 0.25) is 0 Å². The maximum Gasteiger partial charge on any atom is 0.0900 e. The number of carbonyl (C=O) groups is 1. The van der Waals surface area contributed by atoms with Crippen molar-refractivity contribution in [2.24, 2.45) is 0 Å². The van der Waals surface area contributed by atoms with Crippen LogP contribution in [0.1, 0.15) is 10.5 Å². The van der Waals surface area contributed by atoms with Crippen LogP contribution < -0.4 is 5.11 Å². The van der Waals surface area contributed by atoms with Crippen molar-refractivity contribution in [3.05, 3.63) is 36.3 Å². The molecule has 0 bridgehead atoms. The molecule has 0 aliphatic rings. The van der Waals surface area contributed by atoms with E-state index in [1.807, 2.05) is 0 Å². The maximum absolute atomic E-state index is 10.5. The van der Waals surface area contributed by atoms with E-state index in [2.05, 4.69) is 9.97 Å². The fourth-order valence-electron chi connectivity index (χ4n) is 1.08. The summed E-state index contributed by atoms with van der Waals surface area (Å²) in [5.41, 5.74) is 0.551. The number of fused-ring (bicyclic) bond motifs is 1. The summed E-state index contributed by atoms with van der Waals surface area (Å²) in [5.74, 6) is -1.27. The molecule has 0 spiro atoms. The Hall–Kier alpha value is -1.97. The number of aromatic carboxylic acids is 1. The van der Waals surface area contributed by atoms with Crippen molar-refractivity contribution in [3.8, 4) is 0 Å². The van der Waals surface area contributed by atoms with Crippen LogP contribution in [0.3, 0.4) is 0 Å². The zero-order valence-electron chi connectivity index (χ0n) is 6.60. The van der Waals surface area contributed by atoms with Crippen LogP contribution in [0, 0.1) is 0 Å². The zero-order valence-corrected chi connectivity index (χ0v) is 6.60. The average Bonchev–Trinajstić information content (AvgIpc) is 2.17. The van der Waals surface area contributed by atoms with Gasteiger partial charge < -0.3 is 9.90 Å². The Labute approximate surface area is 73.9 Å². The van der Waals surface area contributed by atoms with E-state index in [9.17, 15) is 9.90 Å². The van der Waals surface area contributed by atoms with E-state index in [4.69, 9.17) is 0 Å². The fourth-order valence-corrected chi connectivity index (χ4v) is 1.08. The lowest BCUT2D eigenvalue weighted by molar-refractivity contribution is -0.255. The molecule has 0 unspecified atom stereocenters. The Bertz CT molecular complexity index is 468. The monoisotopic (exact) mass is 173 g/mol. The first-order valence-corrected chi connectivity index (χ1v) is 3.69. The highest BCUT2D eigenvalue weighted by molar-refractivity contribution is 5.88. The van der Waals surface area contributed by atoms with Crippen molar-refractivity contribution in [2.45, 2.75) is 0 Å². The van der Waals surface area contributed by atoms with Gasteiger partial charge in [-0.05, 0) is 18.2 Å². The van der Waals surface area contributed by atoms with Gasteiger partial charge in [0, 0.05) is 17.8 Å². The van der Waals surface area contributed by atoms with E-state index in [1.165, 1.54) is 6.07 Å². The van der Waals surface area contributed by atoms with Crippen LogP contribution in [0.15, 0.2) is 30.6 Å². The summed E-state index contributed by atoms with van der Waals surface area (Å²) in [4.78, 5) is 18.2. The standard InChI is InChI=1S/C9H6N2O2/c12-9(13)8-2-1-6-5-10-4-3-7(6)11-8/h1-5H,(H,12,13)/p-1. The third kappa shape index (κ3) is 1.33. The van der Waals surface area contributed by atoms with Gasteiger partial charge in [0.05, 0.1) is 17.2 Å². The first kappa shape index (κ1) is 7.67. The second-order valence-electron chi connectivity index (χ2n) is 2.55. The number of aromatic nitrogens is 2. The van der Waals surface area contributed by atoms with Crippen LogP contribution in [0.5, 0.6) is 0 Å². The van der Waals surface area contributed by atoms with Crippen LogP contribution in [-0.2, 0) is 0 Å². The van der Waals surface area contributed by atoms with Crippen molar-refractivity contribution in [3.63, 3.8) is 0 Å². The number of nitrogens with zero attached hydrogens (tertiary/aromatic N) is 2. The minimum Gasteiger partial charge on any atom is -0.543 e. The van der Waals surface area contributed by atoms with Crippen LogP contribution in [0.25, 0.3) is 10.9 Å². The molecule has 0 amide bonds. The van der Waals surface area contributed by atoms with E-state index in [0.29, 0.717) is 5.52 Å². The molecule has 0 atom stereocenters. The van der Waals surface area contributed by atoms with Crippen LogP contribution in [-0.4, -0.2) is 15.9 Å². The van der Waals surface area contributed by atoms with Gasteiger partial charge in [-0.25, -0.2) is 4.98 Å². The van der Waals surface area contributed by atoms with E-state index in [1.54, 1.807) is 24.5 Å². The van der Waals surface area contributed by atoms with Gasteiger partial charge in [0.1, 0.15) is 0 Å². The third-order valence-electron chi connectivity index (χ3n) is 1.70. The molecule has 0 N–H and O–H groups in total. The Morgan fingerprint density at radius 1 is 1.31 bits per heavy atom. The van der Waals surface area contributed by atoms with Gasteiger partial charge in [-0.2, -0.15) is 0 Å². The molecule has 0 radical (unpaired) electrons. The van der Waals surface area contributed by atoms with Crippen molar-refractivity contribution in [1.82, 2.24) is 9.97 Å². The van der Waals surface area contributed by atoms with Gasteiger partial charge in [0.15, 0.2) is 0 Å². The molecule has 4 nitrogen and oxygen atoms in total. The molecule has 4 heteroatoms. The fraction of sp³-hybridized carbons (Fsp3) is 0. The third-order valence-corrected chi connectivity index (χ3v) is 1.70. The molecular weight excluding hydrogens is 168 g/mol. The van der Waals surface area contributed by atoms with E-state index < -0.39 is 5.97 Å². The summed E-state index contributed by atoms with van der Waals surface area (Å²) in [6.45, 7) is 0. The lowest BCUT2D eigenvalue weighted by Crippen LogP contribution is -2.23. The predicted molar refractivity (Wildman–Crippen MR) is 43.9 cm³/mol. The summed E-state index contributed by atoms with van der Waals surface area (Å²) < 4.78 is 0. The number of pyridine rings is 2. The minimum atomic E-state index is -1.27. The predicted octanol–water partition coefficient (Wildman–Crippen LogP) is -0.00670. The number of hydrogen-bond acceptors (Lipinski definition) is 4. The normalized spacial score (nSPS) is 10.2. The molecule has 2 rings (SSSR count). The number of carboxylic acid groups (broad SMARTS) is 1. The highest BCUT2D eigenvalue weighted by Crippen LogP contribution is 2.09. The van der Waals surface area contributed by atoms with Crippen molar-refractivity contribution in [1.29, 1.82) is 0 Å². The zero-order chi connectivity index (χ0) is 9.26. The average molecular weight is 173 g/mol. The summed E-state index contributed by atoms with van der Waals surface area (Å²) in [6.07, 6.45) is 3.19. The van der Waals surface area contributed by atoms with E-state index in [0.717, 1.165) is 5.39 Å². The number of carbonyl (C=O) groups excluding carboxylic acids is 1. The highest BCUT2D eigenvalue weighted by Gasteiger charge is 1.97. The van der Waals surface area contributed by atoms with Crippen LogP contribution in [0.4, 0.5) is 0 Å². The lowest BCUT2D eigenvalue weighted by Gasteiger charge is -2.01. The summed E-state index contributed by atoms with van der Waals surface area (Å²) in [6, 6.07) is 4.71. The van der Waals surface area contributed by atoms with Crippen molar-refractivity contribution >= 4 is 16.9 Å². The first-order chi connectivity index (χ1) is 6.27. The Kier molecular flexibility index (Phi) is 1.66. The second-order valence-corrected chi connectivity index (χ2v) is 2.55. The van der Waals surface area contributed by atoms with Crippen molar-refractivity contribution in [2.75, 3.05) is 0 Å². The summed E-state index contributed by atoms with van der Waals surface area (Å²) in [5, 5.41) is 11.3. The van der Waals surface area contributed by atoms with E-state index >= 15 is 0 Å². The molecule has 0 aliphatic carbocycles. The van der Waals surface area contributed by atoms with Crippen molar-refractivity contribution < 1.29 is 9.90 Å². The molecule has 13 heavy (non-hydrogen) atoms. The van der Waals surface area contributed by atoms with E-state index in [-0.39, 0.29) is 5.69 Å². The summed E-state index contributed by atoms with van der Waals surface area (Å²) in [7, 11) is 0. The molecule has 2 aromatic heterocycles. The Balaban J connectivity index is 2.69. The van der Waals surface area contributed by atoms with Crippen LogP contribution >= 0.6 is 0 Å². The Morgan fingerprint density at radius 2 is 2.15 bits per heavy atom. The minimum absolute atomic E-state index is 0.0568. The second kappa shape index (κ2) is 2.82. The number of hydrogen-bond donors (Lipinski definition) is 0. The van der Waals surface area contributed by atoms with Gasteiger partial charge in [0.25, 0.3) is 0 Å². The van der Waals surface area contributed by atoms with Gasteiger partial charge in [-0.1, -0.05) is 0 Å². The highest BCUT2D eigenvalue weighted by atomic mass is 16.4. The molecule has 0 fully saturated rings. The molecule has 0 aromatic carbocycles. The molecule has 0 aliphatic heterocycles.